The summed E-state index contributed by atoms with van der Waals surface area (Å²) in [5.74, 6) is 0. The van der Waals surface area contributed by atoms with E-state index in [1.807, 2.05) is 0 Å². The quantitative estimate of drug-likeness (QED) is 0.534. The van der Waals surface area contributed by atoms with Crippen molar-refractivity contribution >= 4 is 39.9 Å². The number of hydrogen-bond donors (Lipinski definition) is 0. The van der Waals surface area contributed by atoms with Gasteiger partial charge in [-0.1, -0.05) is 58.4 Å². The zero-order valence-corrected chi connectivity index (χ0v) is 10.6. The number of hydrogen-bond acceptors (Lipinski definition) is 0. The number of rotatable bonds is 2. The molecule has 2 atom stereocenters. The Hall–Kier alpha value is 1.18. The first kappa shape index (κ1) is 10.2. The molecule has 0 nitrogen and oxygen atoms in total. The van der Waals surface area contributed by atoms with Crippen LogP contribution < -0.4 is 0 Å². The topological polar surface area (TPSA) is 0 Å². The van der Waals surface area contributed by atoms with E-state index in [1.165, 1.54) is 0 Å². The van der Waals surface area contributed by atoms with Crippen molar-refractivity contribution in [3.05, 3.63) is 0 Å². The molecule has 0 rings (SSSR count). The fraction of sp³-hybridized carbons (Fsp3) is 1.00. The van der Waals surface area contributed by atoms with E-state index in [9.17, 15) is 0 Å². The summed E-state index contributed by atoms with van der Waals surface area (Å²) in [4.78, 5) is 0.601. The van der Waals surface area contributed by atoms with Crippen LogP contribution in [0.4, 0.5) is 0 Å². The zero-order valence-electron chi connectivity index (χ0n) is 6.41. The second-order valence-corrected chi connectivity index (χ2v) is 12.1. The molecule has 0 aliphatic rings. The van der Waals surface area contributed by atoms with E-state index in [1.54, 1.807) is 0 Å². The van der Waals surface area contributed by atoms with E-state index in [0.717, 1.165) is 0 Å². The molecule has 0 aromatic heterocycles. The van der Waals surface area contributed by atoms with Gasteiger partial charge in [0.1, 0.15) is 0 Å². The lowest BCUT2D eigenvalue weighted by molar-refractivity contribution is 1.07. The van der Waals surface area contributed by atoms with Crippen molar-refractivity contribution in [2.24, 2.45) is 0 Å². The van der Waals surface area contributed by atoms with Crippen LogP contribution in [0.1, 0.15) is 6.92 Å². The SMILES string of the molecule is CC(Br)C(Br)[Si](C)(C)C. The summed E-state index contributed by atoms with van der Waals surface area (Å²) in [6.07, 6.45) is 0. The average Bonchev–Trinajstić information content (AvgIpc) is 1.62. The van der Waals surface area contributed by atoms with Crippen molar-refractivity contribution in [2.45, 2.75) is 35.8 Å². The Bertz CT molecular complexity index is 85.5. The van der Waals surface area contributed by atoms with E-state index in [2.05, 4.69) is 58.4 Å². The van der Waals surface area contributed by atoms with Crippen LogP contribution in [0.25, 0.3) is 0 Å². The van der Waals surface area contributed by atoms with E-state index in [0.29, 0.717) is 9.28 Å². The first-order chi connectivity index (χ1) is 3.85. The molecule has 0 aliphatic carbocycles. The van der Waals surface area contributed by atoms with Crippen LogP contribution >= 0.6 is 31.9 Å². The van der Waals surface area contributed by atoms with E-state index in [-0.39, 0.29) is 0 Å². The van der Waals surface area contributed by atoms with Crippen molar-refractivity contribution in [3.63, 3.8) is 0 Å². The second kappa shape index (κ2) is 3.53. The first-order valence-corrected chi connectivity index (χ1v) is 8.54. The largest absolute Gasteiger partial charge is 0.0913 e. The Morgan fingerprint density at radius 1 is 1.11 bits per heavy atom. The molecule has 0 saturated carbocycles. The molecule has 0 fully saturated rings. The van der Waals surface area contributed by atoms with Crippen LogP contribution in [0.3, 0.4) is 0 Å². The average molecular weight is 274 g/mol. The molecular weight excluding hydrogens is 260 g/mol. The third kappa shape index (κ3) is 3.78. The van der Waals surface area contributed by atoms with Gasteiger partial charge in [-0.25, -0.2) is 0 Å². The minimum absolute atomic E-state index is 0.601. The number of halogens is 2. The smallest absolute Gasteiger partial charge is 0.0609 e. The first-order valence-electron chi connectivity index (χ1n) is 3.14. The van der Waals surface area contributed by atoms with Crippen molar-refractivity contribution in [1.29, 1.82) is 0 Å². The van der Waals surface area contributed by atoms with Gasteiger partial charge in [-0.3, -0.25) is 0 Å². The van der Waals surface area contributed by atoms with Crippen LogP contribution in [0.2, 0.25) is 19.6 Å². The minimum Gasteiger partial charge on any atom is -0.0913 e. The van der Waals surface area contributed by atoms with E-state index < -0.39 is 8.07 Å². The van der Waals surface area contributed by atoms with Crippen molar-refractivity contribution in [1.82, 2.24) is 0 Å². The molecule has 0 bridgehead atoms. The molecular formula is C6H14Br2Si. The molecule has 0 N–H and O–H groups in total. The van der Waals surface area contributed by atoms with Gasteiger partial charge in [0.05, 0.1) is 8.07 Å². The predicted molar refractivity (Wildman–Crippen MR) is 54.5 cm³/mol. The molecule has 0 aliphatic heterocycles. The summed E-state index contributed by atoms with van der Waals surface area (Å²) < 4.78 is 0.685. The maximum absolute atomic E-state index is 3.68. The monoisotopic (exact) mass is 272 g/mol. The Morgan fingerprint density at radius 3 is 1.44 bits per heavy atom. The molecule has 9 heavy (non-hydrogen) atoms. The molecule has 0 amide bonds. The van der Waals surface area contributed by atoms with Crippen LogP contribution in [0.15, 0.2) is 0 Å². The van der Waals surface area contributed by atoms with Gasteiger partial charge in [0, 0.05) is 9.28 Å². The summed E-state index contributed by atoms with van der Waals surface area (Å²) in [7, 11) is -0.954. The maximum Gasteiger partial charge on any atom is 0.0609 e. The highest BCUT2D eigenvalue weighted by Crippen LogP contribution is 2.23. The molecule has 0 saturated heterocycles. The van der Waals surface area contributed by atoms with Crippen LogP contribution in [-0.2, 0) is 0 Å². The Kier molecular flexibility index (Phi) is 4.00. The Balaban J connectivity index is 3.88. The third-order valence-corrected chi connectivity index (χ3v) is 10.0. The molecule has 0 heterocycles. The molecule has 0 aromatic rings. The van der Waals surface area contributed by atoms with Gasteiger partial charge in [0.2, 0.25) is 0 Å². The highest BCUT2D eigenvalue weighted by atomic mass is 79.9. The maximum atomic E-state index is 3.68. The lowest BCUT2D eigenvalue weighted by Gasteiger charge is -2.25. The van der Waals surface area contributed by atoms with Crippen LogP contribution in [0, 0.1) is 0 Å². The molecule has 3 heteroatoms. The van der Waals surface area contributed by atoms with Gasteiger partial charge >= 0.3 is 0 Å². The van der Waals surface area contributed by atoms with Crippen molar-refractivity contribution in [3.8, 4) is 0 Å². The Morgan fingerprint density at radius 2 is 1.44 bits per heavy atom. The van der Waals surface area contributed by atoms with Gasteiger partial charge in [-0.2, -0.15) is 0 Å². The minimum atomic E-state index is -0.954. The van der Waals surface area contributed by atoms with E-state index >= 15 is 0 Å². The predicted octanol–water partition coefficient (Wildman–Crippen LogP) is 3.41. The lowest BCUT2D eigenvalue weighted by Crippen LogP contribution is -2.38. The standard InChI is InChI=1S/C6H14Br2Si/c1-5(7)6(8)9(2,3)4/h5-6H,1-4H3. The zero-order chi connectivity index (χ0) is 7.65. The number of alkyl halides is 2. The van der Waals surface area contributed by atoms with Crippen LogP contribution in [-0.4, -0.2) is 17.4 Å². The summed E-state index contributed by atoms with van der Waals surface area (Å²) in [5.41, 5.74) is 0. The third-order valence-electron chi connectivity index (χ3n) is 1.23. The van der Waals surface area contributed by atoms with Gasteiger partial charge in [0.25, 0.3) is 0 Å². The van der Waals surface area contributed by atoms with Gasteiger partial charge in [0.15, 0.2) is 0 Å². The normalized spacial score (nSPS) is 19.3. The summed E-state index contributed by atoms with van der Waals surface area (Å²) in [5, 5.41) is 0. The van der Waals surface area contributed by atoms with Crippen LogP contribution in [0.5, 0.6) is 0 Å². The fourth-order valence-corrected chi connectivity index (χ4v) is 4.45. The molecule has 0 radical (unpaired) electrons. The molecule has 56 valence electrons. The molecule has 0 aromatic carbocycles. The van der Waals surface area contributed by atoms with E-state index in [4.69, 9.17) is 0 Å². The summed E-state index contributed by atoms with van der Waals surface area (Å²) >= 11 is 7.24. The van der Waals surface area contributed by atoms with Gasteiger partial charge < -0.3 is 0 Å². The molecule has 2 unspecified atom stereocenters. The summed E-state index contributed by atoms with van der Waals surface area (Å²) in [6.45, 7) is 9.29. The summed E-state index contributed by atoms with van der Waals surface area (Å²) in [6, 6.07) is 0. The lowest BCUT2D eigenvalue weighted by atomic mass is 10.6. The second-order valence-electron chi connectivity index (χ2n) is 3.45. The molecule has 0 spiro atoms. The van der Waals surface area contributed by atoms with Crippen molar-refractivity contribution < 1.29 is 0 Å². The highest BCUT2D eigenvalue weighted by molar-refractivity contribution is 9.12. The van der Waals surface area contributed by atoms with Crippen molar-refractivity contribution in [2.75, 3.05) is 0 Å². The fourth-order valence-electron chi connectivity index (χ4n) is 0.689. The van der Waals surface area contributed by atoms with Gasteiger partial charge in [-0.15, -0.1) is 0 Å². The highest BCUT2D eigenvalue weighted by Gasteiger charge is 2.27. The van der Waals surface area contributed by atoms with Gasteiger partial charge in [-0.05, 0) is 0 Å². The Labute approximate surface area is 75.7 Å².